The molecule has 0 fully saturated rings. The molecule has 0 bridgehead atoms. The minimum Gasteiger partial charge on any atom is -0.868 e. The average molecular weight is 280 g/mol. The molecule has 104 valence electrons. The number of Topliss-reactive ketones (excluding diaryl/α,β-unsaturated/α-hetero) is 1. The first-order valence-electron chi connectivity index (χ1n) is 6.35. The van der Waals surface area contributed by atoms with Gasteiger partial charge < -0.3 is 5.11 Å². The molecule has 2 aromatic rings. The highest BCUT2D eigenvalue weighted by atomic mass is 16.6. The monoisotopic (exact) mass is 280 g/mol. The predicted octanol–water partition coefficient (Wildman–Crippen LogP) is 2.49. The van der Waals surface area contributed by atoms with E-state index in [1.54, 1.807) is 18.2 Å². The Morgan fingerprint density at radius 3 is 2.62 bits per heavy atom. The van der Waals surface area contributed by atoms with Crippen molar-refractivity contribution in [2.75, 3.05) is 0 Å². The Hall–Kier alpha value is -2.95. The zero-order chi connectivity index (χ0) is 15.0. The van der Waals surface area contributed by atoms with Crippen LogP contribution in [-0.2, 0) is 6.42 Å². The van der Waals surface area contributed by atoms with Crippen LogP contribution in [0, 0.1) is 10.1 Å². The number of benzene rings is 2. The van der Waals surface area contributed by atoms with Gasteiger partial charge >= 0.3 is 0 Å². The normalized spacial score (nSPS) is 15.2. The fourth-order valence-corrected chi connectivity index (χ4v) is 2.44. The highest BCUT2D eigenvalue weighted by molar-refractivity contribution is 6.15. The Balaban J connectivity index is 2.00. The number of fused-ring (bicyclic) bond motifs is 1. The summed E-state index contributed by atoms with van der Waals surface area (Å²) in [7, 11) is 0. The second-order valence-corrected chi connectivity index (χ2v) is 4.82. The molecule has 5 nitrogen and oxygen atoms in total. The number of rotatable bonds is 2. The number of nitro groups is 1. The van der Waals surface area contributed by atoms with Crippen molar-refractivity contribution in [3.8, 4) is 5.75 Å². The van der Waals surface area contributed by atoms with Crippen LogP contribution in [0.4, 0.5) is 5.69 Å². The molecule has 0 aliphatic heterocycles. The molecule has 1 aliphatic rings. The van der Waals surface area contributed by atoms with Gasteiger partial charge in [-0.15, -0.1) is 0 Å². The average Bonchev–Trinajstić information content (AvgIpc) is 2.78. The Labute approximate surface area is 120 Å². The number of hydrogen-bond donors (Lipinski definition) is 0. The number of nitro benzene ring substituents is 1. The highest BCUT2D eigenvalue weighted by Crippen LogP contribution is 2.29. The fraction of sp³-hybridized carbons (Fsp3) is 0.0625. The number of nitrogens with zero attached hydrogens (tertiary/aromatic N) is 1. The topological polar surface area (TPSA) is 83.3 Å². The molecule has 0 unspecified atom stereocenters. The van der Waals surface area contributed by atoms with Crippen LogP contribution in [0.3, 0.4) is 0 Å². The number of carbonyl (C=O) groups excluding carboxylic acids is 1. The van der Waals surface area contributed by atoms with Crippen LogP contribution in [0.15, 0.2) is 48.0 Å². The molecule has 0 amide bonds. The third kappa shape index (κ3) is 2.29. The molecule has 1 aliphatic carbocycles. The first-order valence-corrected chi connectivity index (χ1v) is 6.35. The van der Waals surface area contributed by atoms with Gasteiger partial charge in [0.15, 0.2) is 5.78 Å². The van der Waals surface area contributed by atoms with Crippen LogP contribution in [0.1, 0.15) is 21.5 Å². The van der Waals surface area contributed by atoms with Gasteiger partial charge in [0.05, 0.1) is 4.92 Å². The summed E-state index contributed by atoms with van der Waals surface area (Å²) in [6, 6.07) is 11.2. The fourth-order valence-electron chi connectivity index (χ4n) is 2.44. The summed E-state index contributed by atoms with van der Waals surface area (Å²) in [5, 5.41) is 22.1. The van der Waals surface area contributed by atoms with Crippen LogP contribution in [0.25, 0.3) is 6.08 Å². The van der Waals surface area contributed by atoms with Gasteiger partial charge in [0.1, 0.15) is 0 Å². The van der Waals surface area contributed by atoms with E-state index in [9.17, 15) is 20.0 Å². The maximum atomic E-state index is 12.2. The first kappa shape index (κ1) is 13.1. The molecule has 0 spiro atoms. The summed E-state index contributed by atoms with van der Waals surface area (Å²) in [4.78, 5) is 22.3. The third-order valence-electron chi connectivity index (χ3n) is 3.46. The molecule has 0 N–H and O–H groups in total. The molecule has 21 heavy (non-hydrogen) atoms. The molecule has 0 atom stereocenters. The Kier molecular flexibility index (Phi) is 3.02. The molecule has 0 aromatic heterocycles. The SMILES string of the molecule is O=C1/C(=C/c2ccc([O-])c([N+](=O)[O-])c2)Cc2ccccc21. The van der Waals surface area contributed by atoms with Crippen LogP contribution in [0.5, 0.6) is 5.75 Å². The zero-order valence-corrected chi connectivity index (χ0v) is 10.9. The van der Waals surface area contributed by atoms with Crippen molar-refractivity contribution < 1.29 is 14.8 Å². The Morgan fingerprint density at radius 2 is 1.90 bits per heavy atom. The molecule has 0 radical (unpaired) electrons. The number of allylic oxidation sites excluding steroid dienone is 1. The minimum absolute atomic E-state index is 0.0700. The number of carbonyl (C=O) groups is 1. The van der Waals surface area contributed by atoms with Gasteiger partial charge in [-0.25, -0.2) is 0 Å². The van der Waals surface area contributed by atoms with Crippen molar-refractivity contribution in [2.45, 2.75) is 6.42 Å². The van der Waals surface area contributed by atoms with Gasteiger partial charge in [0.2, 0.25) is 0 Å². The lowest BCUT2D eigenvalue weighted by atomic mass is 10.1. The molecule has 0 saturated carbocycles. The predicted molar refractivity (Wildman–Crippen MR) is 75.0 cm³/mol. The van der Waals surface area contributed by atoms with Crippen LogP contribution >= 0.6 is 0 Å². The first-order chi connectivity index (χ1) is 10.1. The second-order valence-electron chi connectivity index (χ2n) is 4.82. The maximum Gasteiger partial charge on any atom is 0.262 e. The van der Waals surface area contributed by atoms with E-state index in [1.165, 1.54) is 12.1 Å². The van der Waals surface area contributed by atoms with Gasteiger partial charge in [-0.05, 0) is 23.0 Å². The molecule has 5 heteroatoms. The van der Waals surface area contributed by atoms with Crippen molar-refractivity contribution in [2.24, 2.45) is 0 Å². The van der Waals surface area contributed by atoms with Crippen LogP contribution < -0.4 is 5.11 Å². The van der Waals surface area contributed by atoms with E-state index in [0.717, 1.165) is 11.6 Å². The lowest BCUT2D eigenvalue weighted by molar-refractivity contribution is -0.398. The van der Waals surface area contributed by atoms with E-state index in [1.807, 2.05) is 12.1 Å². The highest BCUT2D eigenvalue weighted by Gasteiger charge is 2.24. The van der Waals surface area contributed by atoms with E-state index in [0.29, 0.717) is 23.1 Å². The van der Waals surface area contributed by atoms with E-state index in [-0.39, 0.29) is 5.78 Å². The van der Waals surface area contributed by atoms with Gasteiger partial charge in [0.25, 0.3) is 5.69 Å². The third-order valence-corrected chi connectivity index (χ3v) is 3.46. The Bertz CT molecular complexity index is 793. The zero-order valence-electron chi connectivity index (χ0n) is 10.9. The summed E-state index contributed by atoms with van der Waals surface area (Å²) in [5.41, 5.74) is 2.19. The van der Waals surface area contributed by atoms with Gasteiger partial charge in [-0.1, -0.05) is 36.4 Å². The maximum absolute atomic E-state index is 12.2. The lowest BCUT2D eigenvalue weighted by Crippen LogP contribution is -1.98. The van der Waals surface area contributed by atoms with E-state index in [4.69, 9.17) is 0 Å². The smallest absolute Gasteiger partial charge is 0.262 e. The molecular formula is C16H10NO4-. The number of ketones is 1. The summed E-state index contributed by atoms with van der Waals surface area (Å²) < 4.78 is 0. The summed E-state index contributed by atoms with van der Waals surface area (Å²) in [6.07, 6.45) is 2.11. The van der Waals surface area contributed by atoms with E-state index in [2.05, 4.69) is 0 Å². The van der Waals surface area contributed by atoms with Crippen molar-refractivity contribution in [1.29, 1.82) is 0 Å². The van der Waals surface area contributed by atoms with Gasteiger partial charge in [-0.3, -0.25) is 14.9 Å². The summed E-state index contributed by atoms with van der Waals surface area (Å²) in [6.45, 7) is 0. The van der Waals surface area contributed by atoms with E-state index < -0.39 is 16.4 Å². The molecule has 3 rings (SSSR count). The van der Waals surface area contributed by atoms with Crippen molar-refractivity contribution in [1.82, 2.24) is 0 Å². The standard InChI is InChI=1S/C16H11NO4/c18-15-6-5-10(8-14(15)17(20)21)7-12-9-11-3-1-2-4-13(11)16(12)19/h1-8,18H,9H2/p-1/b12-7+. The molecule has 2 aromatic carbocycles. The molecule has 0 saturated heterocycles. The molecular weight excluding hydrogens is 270 g/mol. The Morgan fingerprint density at radius 1 is 1.14 bits per heavy atom. The molecule has 0 heterocycles. The largest absolute Gasteiger partial charge is 0.868 e. The van der Waals surface area contributed by atoms with Gasteiger partial charge in [-0.2, -0.15) is 0 Å². The summed E-state index contributed by atoms with van der Waals surface area (Å²) >= 11 is 0. The van der Waals surface area contributed by atoms with Gasteiger partial charge in [0, 0.05) is 23.6 Å². The quantitative estimate of drug-likeness (QED) is 0.480. The lowest BCUT2D eigenvalue weighted by Gasteiger charge is -2.06. The van der Waals surface area contributed by atoms with Crippen molar-refractivity contribution in [3.63, 3.8) is 0 Å². The van der Waals surface area contributed by atoms with Crippen molar-refractivity contribution in [3.05, 3.63) is 74.8 Å². The van der Waals surface area contributed by atoms with Crippen LogP contribution in [-0.4, -0.2) is 10.7 Å². The minimum atomic E-state index is -0.713. The van der Waals surface area contributed by atoms with Crippen molar-refractivity contribution >= 4 is 17.5 Å². The second kappa shape index (κ2) is 4.86. The van der Waals surface area contributed by atoms with E-state index >= 15 is 0 Å². The van der Waals surface area contributed by atoms with Crippen LogP contribution in [0.2, 0.25) is 0 Å². The number of hydrogen-bond acceptors (Lipinski definition) is 4. The summed E-state index contributed by atoms with van der Waals surface area (Å²) in [5.74, 6) is -0.706.